The van der Waals surface area contributed by atoms with Crippen LogP contribution >= 0.6 is 0 Å². The molecule has 0 amide bonds. The highest BCUT2D eigenvalue weighted by Crippen LogP contribution is 2.60. The van der Waals surface area contributed by atoms with Crippen molar-refractivity contribution < 1.29 is 0 Å². The SMILES string of the molecule is c1ccc(-c2ccc(N(c3ccc4c(c3)C(c3ccccc3)(c3ccccc3)c3ccccc3-4)c3ccc4c(c3)C(c3ccccc3)(c3ccccc3)c3cc(-n5ccc6c7ccccc7ccc65)ccc3-4)cc2)cc1. The number of aromatic nitrogens is 1. The van der Waals surface area contributed by atoms with Gasteiger partial charge >= 0.3 is 0 Å². The molecule has 1 heterocycles. The molecule has 0 saturated heterocycles. The lowest BCUT2D eigenvalue weighted by Crippen LogP contribution is -2.29. The van der Waals surface area contributed by atoms with Crippen LogP contribution in [0.25, 0.3) is 60.7 Å². The van der Waals surface area contributed by atoms with E-state index in [0.29, 0.717) is 0 Å². The second-order valence-corrected chi connectivity index (χ2v) is 20.4. The largest absolute Gasteiger partial charge is 0.317 e. The van der Waals surface area contributed by atoms with Gasteiger partial charge in [-0.15, -0.1) is 0 Å². The van der Waals surface area contributed by atoms with Gasteiger partial charge in [-0.1, -0.05) is 237 Å². The van der Waals surface area contributed by atoms with Crippen LogP contribution in [0.2, 0.25) is 0 Å². The summed E-state index contributed by atoms with van der Waals surface area (Å²) in [5.41, 5.74) is 21.7. The standard InChI is InChI=1S/C74H50N2/c1-6-20-51(21-7-1)52-34-37-58(38-35-52)76(60-40-43-64-63-32-18-19-33-68(63)73(70(64)49-60,54-23-8-2-9-24-54)55-25-10-3-11-26-55)61-41-44-66-65-42-39-59(75-47-46-67-62-31-17-16-22-53(62)36-45-72(67)75)48-69(65)74(71(66)50-61,56-27-12-4-13-28-56)57-29-14-5-15-30-57/h1-50H. The Bertz CT molecular complexity index is 4230. The van der Waals surface area contributed by atoms with E-state index in [1.54, 1.807) is 0 Å². The zero-order valence-corrected chi connectivity index (χ0v) is 41.8. The lowest BCUT2D eigenvalue weighted by atomic mass is 9.67. The van der Waals surface area contributed by atoms with E-state index in [0.717, 1.165) is 22.7 Å². The fourth-order valence-corrected chi connectivity index (χ4v) is 13.3. The van der Waals surface area contributed by atoms with E-state index in [4.69, 9.17) is 0 Å². The molecule has 0 N–H and O–H groups in total. The number of benzene rings is 12. The van der Waals surface area contributed by atoms with Crippen molar-refractivity contribution in [3.63, 3.8) is 0 Å². The van der Waals surface area contributed by atoms with Crippen molar-refractivity contribution in [3.05, 3.63) is 348 Å². The topological polar surface area (TPSA) is 8.17 Å². The first-order valence-electron chi connectivity index (χ1n) is 26.4. The van der Waals surface area contributed by atoms with Gasteiger partial charge in [0, 0.05) is 34.3 Å². The smallest absolute Gasteiger partial charge is 0.0715 e. The zero-order valence-electron chi connectivity index (χ0n) is 41.8. The van der Waals surface area contributed by atoms with Crippen molar-refractivity contribution >= 4 is 38.7 Å². The first kappa shape index (κ1) is 43.8. The lowest BCUT2D eigenvalue weighted by molar-refractivity contribution is 0.766. The molecule has 2 aliphatic carbocycles. The predicted molar refractivity (Wildman–Crippen MR) is 316 cm³/mol. The van der Waals surface area contributed by atoms with Crippen LogP contribution in [0.4, 0.5) is 17.1 Å². The Morgan fingerprint density at radius 1 is 0.276 bits per heavy atom. The first-order valence-corrected chi connectivity index (χ1v) is 26.4. The van der Waals surface area contributed by atoms with Crippen LogP contribution in [0.1, 0.15) is 44.5 Å². The van der Waals surface area contributed by atoms with E-state index < -0.39 is 10.8 Å². The van der Waals surface area contributed by atoms with Gasteiger partial charge in [0.05, 0.1) is 16.3 Å². The average Bonchev–Trinajstić information content (AvgIpc) is 4.36. The maximum Gasteiger partial charge on any atom is 0.0715 e. The van der Waals surface area contributed by atoms with Crippen LogP contribution in [0, 0.1) is 0 Å². The zero-order chi connectivity index (χ0) is 50.2. The third-order valence-corrected chi connectivity index (χ3v) is 16.6. The van der Waals surface area contributed by atoms with Gasteiger partial charge in [0.15, 0.2) is 0 Å². The van der Waals surface area contributed by atoms with Gasteiger partial charge in [0.2, 0.25) is 0 Å². The molecule has 0 bridgehead atoms. The van der Waals surface area contributed by atoms with Gasteiger partial charge < -0.3 is 9.47 Å². The molecular formula is C74H50N2. The Hall–Kier alpha value is -9.76. The van der Waals surface area contributed by atoms with Crippen molar-refractivity contribution in [2.24, 2.45) is 0 Å². The molecule has 0 atom stereocenters. The molecule has 2 heteroatoms. The number of anilines is 3. The quantitative estimate of drug-likeness (QED) is 0.140. The summed E-state index contributed by atoms with van der Waals surface area (Å²) in [6.45, 7) is 0. The normalized spacial score (nSPS) is 13.5. The molecule has 356 valence electrons. The first-order chi connectivity index (χ1) is 37.7. The second kappa shape index (κ2) is 17.4. The molecule has 12 aromatic carbocycles. The van der Waals surface area contributed by atoms with E-state index in [-0.39, 0.29) is 0 Å². The van der Waals surface area contributed by atoms with Gasteiger partial charge in [-0.3, -0.25) is 0 Å². The maximum atomic E-state index is 2.50. The molecule has 0 aliphatic heterocycles. The Balaban J connectivity index is 0.976. The molecule has 76 heavy (non-hydrogen) atoms. The Morgan fingerprint density at radius 2 is 0.711 bits per heavy atom. The number of fused-ring (bicyclic) bond motifs is 9. The molecule has 0 saturated carbocycles. The van der Waals surface area contributed by atoms with Crippen LogP contribution < -0.4 is 4.90 Å². The molecule has 13 aromatic rings. The van der Waals surface area contributed by atoms with E-state index in [9.17, 15) is 0 Å². The summed E-state index contributed by atoms with van der Waals surface area (Å²) in [5, 5.41) is 3.76. The van der Waals surface area contributed by atoms with Crippen LogP contribution in [0.15, 0.2) is 303 Å². The highest BCUT2D eigenvalue weighted by atomic mass is 15.1. The fraction of sp³-hybridized carbons (Fsp3) is 0.0270. The van der Waals surface area contributed by atoms with Crippen molar-refractivity contribution in [1.29, 1.82) is 0 Å². The number of hydrogen-bond donors (Lipinski definition) is 0. The third-order valence-electron chi connectivity index (χ3n) is 16.6. The van der Waals surface area contributed by atoms with Crippen LogP contribution in [0.5, 0.6) is 0 Å². The lowest BCUT2D eigenvalue weighted by Gasteiger charge is -2.36. The van der Waals surface area contributed by atoms with Crippen molar-refractivity contribution in [3.8, 4) is 39.1 Å². The van der Waals surface area contributed by atoms with Gasteiger partial charge in [-0.2, -0.15) is 0 Å². The summed E-state index contributed by atoms with van der Waals surface area (Å²) in [6.07, 6.45) is 2.24. The number of nitrogens with zero attached hydrogens (tertiary/aromatic N) is 2. The minimum Gasteiger partial charge on any atom is -0.317 e. The highest BCUT2D eigenvalue weighted by molar-refractivity contribution is 6.07. The Labute approximate surface area is 443 Å². The molecule has 0 fully saturated rings. The number of rotatable bonds is 9. The predicted octanol–water partition coefficient (Wildman–Crippen LogP) is 18.6. The Morgan fingerprint density at radius 3 is 1.29 bits per heavy atom. The highest BCUT2D eigenvalue weighted by Gasteiger charge is 2.48. The molecule has 0 spiro atoms. The second-order valence-electron chi connectivity index (χ2n) is 20.4. The monoisotopic (exact) mass is 966 g/mol. The summed E-state index contributed by atoms with van der Waals surface area (Å²) in [7, 11) is 0. The van der Waals surface area contributed by atoms with Crippen molar-refractivity contribution in [1.82, 2.24) is 4.57 Å². The molecular weight excluding hydrogens is 917 g/mol. The molecule has 0 radical (unpaired) electrons. The summed E-state index contributed by atoms with van der Waals surface area (Å²) in [4.78, 5) is 2.49. The summed E-state index contributed by atoms with van der Waals surface area (Å²) in [6, 6.07) is 111. The van der Waals surface area contributed by atoms with E-state index >= 15 is 0 Å². The van der Waals surface area contributed by atoms with Crippen LogP contribution in [-0.2, 0) is 10.8 Å². The molecule has 2 nitrogen and oxygen atoms in total. The van der Waals surface area contributed by atoms with Gasteiger partial charge in [-0.05, 0) is 149 Å². The minimum absolute atomic E-state index is 0.557. The van der Waals surface area contributed by atoms with Crippen molar-refractivity contribution in [2.45, 2.75) is 10.8 Å². The minimum atomic E-state index is -0.660. The van der Waals surface area contributed by atoms with E-state index in [1.165, 1.54) is 99.6 Å². The Kier molecular flexibility index (Phi) is 10.0. The summed E-state index contributed by atoms with van der Waals surface area (Å²) in [5.74, 6) is 0. The fourth-order valence-electron chi connectivity index (χ4n) is 13.3. The van der Waals surface area contributed by atoms with Gasteiger partial charge in [0.1, 0.15) is 0 Å². The average molecular weight is 967 g/mol. The maximum absolute atomic E-state index is 2.50. The summed E-state index contributed by atoms with van der Waals surface area (Å²) >= 11 is 0. The van der Waals surface area contributed by atoms with Gasteiger partial charge in [0.25, 0.3) is 0 Å². The van der Waals surface area contributed by atoms with E-state index in [1.807, 2.05) is 0 Å². The van der Waals surface area contributed by atoms with E-state index in [2.05, 4.69) is 313 Å². The number of hydrogen-bond acceptors (Lipinski definition) is 1. The summed E-state index contributed by atoms with van der Waals surface area (Å²) < 4.78 is 2.37. The third kappa shape index (κ3) is 6.47. The van der Waals surface area contributed by atoms with Crippen LogP contribution in [0.3, 0.4) is 0 Å². The molecule has 0 unspecified atom stereocenters. The molecule has 2 aliphatic rings. The van der Waals surface area contributed by atoms with Crippen LogP contribution in [-0.4, -0.2) is 4.57 Å². The molecule has 1 aromatic heterocycles. The molecule has 15 rings (SSSR count). The van der Waals surface area contributed by atoms with Crippen molar-refractivity contribution in [2.75, 3.05) is 4.90 Å². The van der Waals surface area contributed by atoms with Gasteiger partial charge in [-0.25, -0.2) is 0 Å².